The Labute approximate surface area is 85.1 Å². The number of hydrogen-bond acceptors (Lipinski definition) is 4. The first-order valence-corrected chi connectivity index (χ1v) is 4.14. The molecule has 82 valence electrons. The maximum absolute atomic E-state index is 12.5. The van der Waals surface area contributed by atoms with Crippen LogP contribution in [0.5, 0.6) is 5.75 Å². The van der Waals surface area contributed by atoms with Crippen LogP contribution in [0.1, 0.15) is 28.0 Å². The first-order chi connectivity index (χ1) is 7.15. The fraction of sp³-hybridized carbons (Fsp3) is 0.333. The summed E-state index contributed by atoms with van der Waals surface area (Å²) in [5.41, 5.74) is 4.97. The summed E-state index contributed by atoms with van der Waals surface area (Å²) in [4.78, 5) is 14.4. The quantitative estimate of drug-likeness (QED) is 0.770. The molecule has 0 atom stereocenters. The third-order valence-corrected chi connectivity index (χ3v) is 1.93. The van der Waals surface area contributed by atoms with Crippen molar-refractivity contribution in [2.24, 2.45) is 5.73 Å². The summed E-state index contributed by atoms with van der Waals surface area (Å²) in [5.74, 6) is 0.0188. The van der Waals surface area contributed by atoms with Crippen molar-refractivity contribution in [2.75, 3.05) is 7.11 Å². The highest BCUT2D eigenvalue weighted by Crippen LogP contribution is 2.29. The molecule has 0 radical (unpaired) electrons. The van der Waals surface area contributed by atoms with Crippen LogP contribution in [0, 0.1) is 0 Å². The van der Waals surface area contributed by atoms with E-state index in [1.165, 1.54) is 7.11 Å². The highest BCUT2D eigenvalue weighted by molar-refractivity contribution is 5.82. The Kier molecular flexibility index (Phi) is 3.68. The van der Waals surface area contributed by atoms with Gasteiger partial charge in [-0.3, -0.25) is 9.78 Å². The van der Waals surface area contributed by atoms with Gasteiger partial charge in [-0.05, 0) is 0 Å². The molecule has 0 saturated carbocycles. The van der Waals surface area contributed by atoms with E-state index in [-0.39, 0.29) is 23.6 Å². The number of nitrogens with zero attached hydrogens (tertiary/aromatic N) is 1. The van der Waals surface area contributed by atoms with Gasteiger partial charge in [0.15, 0.2) is 12.0 Å². The Bertz CT molecular complexity index is 369. The summed E-state index contributed by atoms with van der Waals surface area (Å²) >= 11 is 0. The molecule has 15 heavy (non-hydrogen) atoms. The molecule has 2 N–H and O–H groups in total. The number of carbonyl (C=O) groups is 1. The predicted octanol–water partition coefficient (Wildman–Crippen LogP) is 1.30. The van der Waals surface area contributed by atoms with Gasteiger partial charge in [-0.25, -0.2) is 8.78 Å². The van der Waals surface area contributed by atoms with Crippen LogP contribution in [0.25, 0.3) is 0 Å². The van der Waals surface area contributed by atoms with Gasteiger partial charge in [-0.2, -0.15) is 0 Å². The molecular weight excluding hydrogens is 206 g/mol. The number of nitrogens with two attached hydrogens (primary N) is 1. The lowest BCUT2D eigenvalue weighted by Crippen LogP contribution is -2.08. The molecular formula is C9H10F2N2O2. The molecule has 1 rings (SSSR count). The van der Waals surface area contributed by atoms with Crippen LogP contribution in [0.15, 0.2) is 6.20 Å². The molecule has 0 fully saturated rings. The minimum atomic E-state index is -2.77. The number of ether oxygens (including phenoxy) is 1. The van der Waals surface area contributed by atoms with E-state index in [0.717, 1.165) is 6.20 Å². The predicted molar refractivity (Wildman–Crippen MR) is 49.0 cm³/mol. The second kappa shape index (κ2) is 4.79. The monoisotopic (exact) mass is 216 g/mol. The summed E-state index contributed by atoms with van der Waals surface area (Å²) in [6, 6.07) is 0. The van der Waals surface area contributed by atoms with Gasteiger partial charge in [-0.15, -0.1) is 0 Å². The number of hydrogen-bond donors (Lipinski definition) is 1. The number of aldehydes is 1. The summed E-state index contributed by atoms with van der Waals surface area (Å²) in [6.45, 7) is 0.0214. The van der Waals surface area contributed by atoms with Crippen molar-refractivity contribution >= 4 is 6.29 Å². The van der Waals surface area contributed by atoms with Crippen LogP contribution >= 0.6 is 0 Å². The van der Waals surface area contributed by atoms with Gasteiger partial charge in [0.25, 0.3) is 6.43 Å². The summed E-state index contributed by atoms with van der Waals surface area (Å²) in [6.07, 6.45) is -1.50. The normalized spacial score (nSPS) is 10.5. The van der Waals surface area contributed by atoms with Gasteiger partial charge in [0.1, 0.15) is 0 Å². The van der Waals surface area contributed by atoms with E-state index in [9.17, 15) is 13.6 Å². The van der Waals surface area contributed by atoms with Gasteiger partial charge in [0.05, 0.1) is 23.9 Å². The Balaban J connectivity index is 3.40. The van der Waals surface area contributed by atoms with Crippen molar-refractivity contribution in [3.8, 4) is 5.75 Å². The number of alkyl halides is 2. The van der Waals surface area contributed by atoms with Crippen LogP contribution in [0.3, 0.4) is 0 Å². The smallest absolute Gasteiger partial charge is 0.266 e. The van der Waals surface area contributed by atoms with Crippen molar-refractivity contribution in [3.63, 3.8) is 0 Å². The molecule has 0 unspecified atom stereocenters. The van der Waals surface area contributed by atoms with Gasteiger partial charge in [0, 0.05) is 12.7 Å². The van der Waals surface area contributed by atoms with Crippen molar-refractivity contribution < 1.29 is 18.3 Å². The van der Waals surface area contributed by atoms with Crippen LogP contribution in [0.4, 0.5) is 8.78 Å². The first-order valence-electron chi connectivity index (χ1n) is 4.14. The van der Waals surface area contributed by atoms with Crippen molar-refractivity contribution in [3.05, 3.63) is 23.0 Å². The lowest BCUT2D eigenvalue weighted by atomic mass is 10.1. The van der Waals surface area contributed by atoms with Crippen molar-refractivity contribution in [1.82, 2.24) is 4.98 Å². The fourth-order valence-electron chi connectivity index (χ4n) is 1.23. The number of carbonyl (C=O) groups excluding carboxylic acids is 1. The van der Waals surface area contributed by atoms with Gasteiger partial charge >= 0.3 is 0 Å². The van der Waals surface area contributed by atoms with Crippen LogP contribution in [-0.2, 0) is 6.54 Å². The molecule has 1 aromatic heterocycles. The number of methoxy groups -OCH3 is 1. The fourth-order valence-corrected chi connectivity index (χ4v) is 1.23. The number of halogens is 2. The SMILES string of the molecule is COc1c(CN)ncc(C(F)F)c1C=O. The van der Waals surface area contributed by atoms with Crippen LogP contribution < -0.4 is 10.5 Å². The Morgan fingerprint density at radius 2 is 2.33 bits per heavy atom. The molecule has 0 saturated heterocycles. The van der Waals surface area contributed by atoms with Crippen molar-refractivity contribution in [2.45, 2.75) is 13.0 Å². The average Bonchev–Trinajstić information content (AvgIpc) is 2.26. The summed E-state index contributed by atoms with van der Waals surface area (Å²) in [7, 11) is 1.28. The van der Waals surface area contributed by atoms with E-state index < -0.39 is 12.0 Å². The highest BCUT2D eigenvalue weighted by atomic mass is 19.3. The molecule has 0 spiro atoms. The zero-order valence-electron chi connectivity index (χ0n) is 8.04. The Morgan fingerprint density at radius 3 is 2.73 bits per heavy atom. The second-order valence-electron chi connectivity index (χ2n) is 2.73. The zero-order chi connectivity index (χ0) is 11.4. The minimum absolute atomic E-state index is 0.0188. The maximum atomic E-state index is 12.5. The molecule has 0 amide bonds. The molecule has 0 bridgehead atoms. The van der Waals surface area contributed by atoms with Crippen LogP contribution in [0.2, 0.25) is 0 Å². The Morgan fingerprint density at radius 1 is 1.67 bits per heavy atom. The topological polar surface area (TPSA) is 65.2 Å². The van der Waals surface area contributed by atoms with E-state index in [0.29, 0.717) is 6.29 Å². The maximum Gasteiger partial charge on any atom is 0.266 e. The zero-order valence-corrected chi connectivity index (χ0v) is 8.04. The molecule has 1 heterocycles. The summed E-state index contributed by atoms with van der Waals surface area (Å²) in [5, 5.41) is 0. The second-order valence-corrected chi connectivity index (χ2v) is 2.73. The van der Waals surface area contributed by atoms with Gasteiger partial charge in [-0.1, -0.05) is 0 Å². The molecule has 0 aromatic carbocycles. The minimum Gasteiger partial charge on any atom is -0.494 e. The molecule has 1 aromatic rings. The average molecular weight is 216 g/mol. The largest absolute Gasteiger partial charge is 0.494 e. The molecule has 6 heteroatoms. The number of aromatic nitrogens is 1. The Hall–Kier alpha value is -1.56. The van der Waals surface area contributed by atoms with Gasteiger partial charge < -0.3 is 10.5 Å². The van der Waals surface area contributed by atoms with E-state index in [1.807, 2.05) is 0 Å². The van der Waals surface area contributed by atoms with Crippen molar-refractivity contribution in [1.29, 1.82) is 0 Å². The van der Waals surface area contributed by atoms with E-state index in [2.05, 4.69) is 4.98 Å². The number of rotatable bonds is 4. The summed E-state index contributed by atoms with van der Waals surface area (Å²) < 4.78 is 29.8. The molecule has 0 aliphatic rings. The van der Waals surface area contributed by atoms with E-state index >= 15 is 0 Å². The molecule has 0 aliphatic heterocycles. The standard InChI is InChI=1S/C9H10F2N2O2/c1-15-8-6(4-14)5(9(10)11)3-13-7(8)2-12/h3-4,9H,2,12H2,1H3. The van der Waals surface area contributed by atoms with E-state index in [1.54, 1.807) is 0 Å². The lowest BCUT2D eigenvalue weighted by molar-refractivity contribution is 0.110. The van der Waals surface area contributed by atoms with Gasteiger partial charge in [0.2, 0.25) is 0 Å². The molecule has 0 aliphatic carbocycles. The third kappa shape index (κ3) is 2.10. The third-order valence-electron chi connectivity index (χ3n) is 1.93. The first kappa shape index (κ1) is 11.5. The molecule has 4 nitrogen and oxygen atoms in total. The lowest BCUT2D eigenvalue weighted by Gasteiger charge is -2.11. The highest BCUT2D eigenvalue weighted by Gasteiger charge is 2.19. The van der Waals surface area contributed by atoms with Crippen LogP contribution in [-0.4, -0.2) is 18.4 Å². The number of pyridine rings is 1. The van der Waals surface area contributed by atoms with E-state index in [4.69, 9.17) is 10.5 Å².